The molecule has 0 spiro atoms. The Kier molecular flexibility index (Phi) is 6.01. The van der Waals surface area contributed by atoms with Crippen LogP contribution in [0.4, 0.5) is 0 Å². The van der Waals surface area contributed by atoms with Gasteiger partial charge in [-0.2, -0.15) is 0 Å². The molecule has 1 aromatic carbocycles. The summed E-state index contributed by atoms with van der Waals surface area (Å²) in [6.07, 6.45) is 3.65. The van der Waals surface area contributed by atoms with Crippen LogP contribution >= 0.6 is 15.9 Å². The van der Waals surface area contributed by atoms with E-state index in [0.29, 0.717) is 13.2 Å². The van der Waals surface area contributed by atoms with Crippen LogP contribution in [0.15, 0.2) is 53.3 Å². The van der Waals surface area contributed by atoms with Gasteiger partial charge in [-0.3, -0.25) is 4.98 Å². The molecule has 1 aromatic heterocycles. The lowest BCUT2D eigenvalue weighted by molar-refractivity contribution is 0.122. The number of ether oxygens (including phenoxy) is 1. The highest BCUT2D eigenvalue weighted by Gasteiger charge is 1.94. The van der Waals surface area contributed by atoms with E-state index in [0.717, 1.165) is 17.6 Å². The van der Waals surface area contributed by atoms with Crippen LogP contribution in [0, 0.1) is 0 Å². The number of hydrogen-bond donors (Lipinski definition) is 1. The maximum atomic E-state index is 5.60. The molecule has 100 valence electrons. The van der Waals surface area contributed by atoms with Gasteiger partial charge in [0.05, 0.1) is 13.2 Å². The van der Waals surface area contributed by atoms with Crippen LogP contribution in [0.3, 0.4) is 0 Å². The van der Waals surface area contributed by atoms with Crippen molar-refractivity contribution in [2.24, 2.45) is 0 Å². The molecule has 0 aliphatic heterocycles. The van der Waals surface area contributed by atoms with Gasteiger partial charge in [0.25, 0.3) is 0 Å². The molecular formula is C15H17BrN2O. The molecule has 2 rings (SSSR count). The van der Waals surface area contributed by atoms with Gasteiger partial charge in [-0.1, -0.05) is 34.1 Å². The average Bonchev–Trinajstić information content (AvgIpc) is 2.46. The Labute approximate surface area is 122 Å². The summed E-state index contributed by atoms with van der Waals surface area (Å²) in [5.74, 6) is 0. The number of aromatic nitrogens is 1. The first-order chi connectivity index (χ1) is 9.34. The van der Waals surface area contributed by atoms with Crippen LogP contribution in [-0.4, -0.2) is 18.1 Å². The molecule has 2 aromatic rings. The van der Waals surface area contributed by atoms with E-state index in [9.17, 15) is 0 Å². The van der Waals surface area contributed by atoms with Gasteiger partial charge in [0.2, 0.25) is 0 Å². The molecule has 0 radical (unpaired) electrons. The molecule has 19 heavy (non-hydrogen) atoms. The first-order valence-electron chi connectivity index (χ1n) is 6.26. The molecule has 0 atom stereocenters. The van der Waals surface area contributed by atoms with E-state index in [4.69, 9.17) is 4.74 Å². The fourth-order valence-corrected chi connectivity index (χ4v) is 1.91. The summed E-state index contributed by atoms with van der Waals surface area (Å²) >= 11 is 3.41. The highest BCUT2D eigenvalue weighted by atomic mass is 79.9. The topological polar surface area (TPSA) is 34.1 Å². The highest BCUT2D eigenvalue weighted by molar-refractivity contribution is 9.10. The van der Waals surface area contributed by atoms with Gasteiger partial charge in [0.15, 0.2) is 0 Å². The van der Waals surface area contributed by atoms with Crippen molar-refractivity contribution in [3.8, 4) is 0 Å². The monoisotopic (exact) mass is 320 g/mol. The summed E-state index contributed by atoms with van der Waals surface area (Å²) in [5.41, 5.74) is 2.38. The third-order valence-electron chi connectivity index (χ3n) is 2.66. The van der Waals surface area contributed by atoms with E-state index in [1.165, 1.54) is 11.1 Å². The van der Waals surface area contributed by atoms with Crippen molar-refractivity contribution in [1.82, 2.24) is 10.3 Å². The lowest BCUT2D eigenvalue weighted by atomic mass is 10.2. The summed E-state index contributed by atoms with van der Waals surface area (Å²) in [5, 5.41) is 3.32. The second kappa shape index (κ2) is 8.04. The van der Waals surface area contributed by atoms with Crippen molar-refractivity contribution in [2.45, 2.75) is 13.2 Å². The molecule has 0 saturated carbocycles. The summed E-state index contributed by atoms with van der Waals surface area (Å²) in [6, 6.07) is 12.2. The molecule has 1 heterocycles. The number of nitrogens with one attached hydrogen (secondary N) is 1. The fraction of sp³-hybridized carbons (Fsp3) is 0.267. The lowest BCUT2D eigenvalue weighted by Gasteiger charge is -2.06. The third-order valence-corrected chi connectivity index (χ3v) is 3.19. The maximum absolute atomic E-state index is 5.60. The Morgan fingerprint density at radius 2 is 1.95 bits per heavy atom. The highest BCUT2D eigenvalue weighted by Crippen LogP contribution is 2.10. The van der Waals surface area contributed by atoms with Gasteiger partial charge in [0, 0.05) is 30.0 Å². The molecular weight excluding hydrogens is 304 g/mol. The van der Waals surface area contributed by atoms with Gasteiger partial charge < -0.3 is 10.1 Å². The van der Waals surface area contributed by atoms with Gasteiger partial charge in [-0.05, 0) is 29.3 Å². The lowest BCUT2D eigenvalue weighted by Crippen LogP contribution is -2.19. The average molecular weight is 321 g/mol. The Hall–Kier alpha value is -1.23. The number of halogens is 1. The zero-order valence-electron chi connectivity index (χ0n) is 10.7. The van der Waals surface area contributed by atoms with Crippen molar-refractivity contribution in [1.29, 1.82) is 0 Å². The normalized spacial score (nSPS) is 10.6. The number of hydrogen-bond acceptors (Lipinski definition) is 3. The minimum atomic E-state index is 0.655. The SMILES string of the molecule is Brc1ccc(COCCNCc2cccnc2)cc1. The smallest absolute Gasteiger partial charge is 0.0717 e. The number of rotatable bonds is 7. The van der Waals surface area contributed by atoms with Crippen molar-refractivity contribution < 1.29 is 4.74 Å². The fourth-order valence-electron chi connectivity index (χ4n) is 1.65. The zero-order valence-corrected chi connectivity index (χ0v) is 12.3. The molecule has 0 aliphatic rings. The van der Waals surface area contributed by atoms with E-state index in [1.54, 1.807) is 6.20 Å². The van der Waals surface area contributed by atoms with Crippen LogP contribution in [0.25, 0.3) is 0 Å². The predicted molar refractivity (Wildman–Crippen MR) is 79.7 cm³/mol. The quantitative estimate of drug-likeness (QED) is 0.796. The summed E-state index contributed by atoms with van der Waals surface area (Å²) < 4.78 is 6.70. The first kappa shape index (κ1) is 14.2. The molecule has 0 unspecified atom stereocenters. The summed E-state index contributed by atoms with van der Waals surface area (Å²) in [4.78, 5) is 4.07. The van der Waals surface area contributed by atoms with Gasteiger partial charge in [0.1, 0.15) is 0 Å². The molecule has 0 saturated heterocycles. The van der Waals surface area contributed by atoms with Crippen molar-refractivity contribution in [2.75, 3.05) is 13.2 Å². The van der Waals surface area contributed by atoms with Crippen molar-refractivity contribution >= 4 is 15.9 Å². The molecule has 3 nitrogen and oxygen atoms in total. The van der Waals surface area contributed by atoms with Gasteiger partial charge >= 0.3 is 0 Å². The summed E-state index contributed by atoms with van der Waals surface area (Å²) in [6.45, 7) is 3.03. The second-order valence-corrected chi connectivity index (χ2v) is 5.13. The van der Waals surface area contributed by atoms with E-state index in [-0.39, 0.29) is 0 Å². The number of pyridine rings is 1. The second-order valence-electron chi connectivity index (χ2n) is 4.22. The summed E-state index contributed by atoms with van der Waals surface area (Å²) in [7, 11) is 0. The standard InChI is InChI=1S/C15H17BrN2O/c16-15-5-3-13(4-6-15)12-19-9-8-18-11-14-2-1-7-17-10-14/h1-7,10,18H,8-9,11-12H2. The largest absolute Gasteiger partial charge is 0.375 e. The van der Waals surface area contributed by atoms with Crippen molar-refractivity contribution in [3.63, 3.8) is 0 Å². The van der Waals surface area contributed by atoms with Gasteiger partial charge in [-0.15, -0.1) is 0 Å². The van der Waals surface area contributed by atoms with Crippen LogP contribution in [0.1, 0.15) is 11.1 Å². The molecule has 0 fully saturated rings. The molecule has 4 heteroatoms. The molecule has 1 N–H and O–H groups in total. The Morgan fingerprint density at radius 3 is 2.68 bits per heavy atom. The Morgan fingerprint density at radius 1 is 1.11 bits per heavy atom. The predicted octanol–water partition coefficient (Wildman–Crippen LogP) is 3.15. The van der Waals surface area contributed by atoms with Crippen LogP contribution in [0.2, 0.25) is 0 Å². The van der Waals surface area contributed by atoms with E-state index < -0.39 is 0 Å². The van der Waals surface area contributed by atoms with Crippen LogP contribution < -0.4 is 5.32 Å². The minimum Gasteiger partial charge on any atom is -0.375 e. The molecule has 0 aliphatic carbocycles. The minimum absolute atomic E-state index is 0.655. The zero-order chi connectivity index (χ0) is 13.3. The van der Waals surface area contributed by atoms with E-state index in [2.05, 4.69) is 44.4 Å². The third kappa shape index (κ3) is 5.51. The molecule has 0 amide bonds. The molecule has 0 bridgehead atoms. The van der Waals surface area contributed by atoms with Crippen molar-refractivity contribution in [3.05, 3.63) is 64.4 Å². The number of nitrogens with zero attached hydrogens (tertiary/aromatic N) is 1. The maximum Gasteiger partial charge on any atom is 0.0717 e. The van der Waals surface area contributed by atoms with Crippen LogP contribution in [0.5, 0.6) is 0 Å². The van der Waals surface area contributed by atoms with E-state index in [1.807, 2.05) is 24.4 Å². The first-order valence-corrected chi connectivity index (χ1v) is 7.06. The van der Waals surface area contributed by atoms with E-state index >= 15 is 0 Å². The Bertz CT molecular complexity index is 473. The Balaban J connectivity index is 1.56. The van der Waals surface area contributed by atoms with Crippen LogP contribution in [-0.2, 0) is 17.9 Å². The van der Waals surface area contributed by atoms with Gasteiger partial charge in [-0.25, -0.2) is 0 Å². The number of benzene rings is 1.